The maximum atomic E-state index is 8.12. The largest absolute Gasteiger partial charge is 0.455 e. The zero-order valence-corrected chi connectivity index (χ0v) is 21.2. The van der Waals surface area contributed by atoms with Crippen LogP contribution in [-0.2, 0) is 7.05 Å². The van der Waals surface area contributed by atoms with Crippen LogP contribution in [0, 0.1) is 20.6 Å². The number of hydrogen-bond acceptors (Lipinski definition) is 1. The highest BCUT2D eigenvalue weighted by molar-refractivity contribution is 6.96. The molecule has 2 heterocycles. The molecule has 1 radical (unpaired) electrons. The minimum atomic E-state index is -2.60. The van der Waals surface area contributed by atoms with Gasteiger partial charge in [-0.25, -0.2) is 4.57 Å². The molecule has 4 aromatic carbocycles. The van der Waals surface area contributed by atoms with Crippen LogP contribution in [0.1, 0.15) is 24.9 Å². The Labute approximate surface area is 222 Å². The van der Waals surface area contributed by atoms with E-state index in [9.17, 15) is 0 Å². The fraction of sp³-hybridized carbons (Fsp3) is 0.121. The van der Waals surface area contributed by atoms with Crippen molar-refractivity contribution >= 4 is 46.3 Å². The predicted molar refractivity (Wildman–Crippen MR) is 152 cm³/mol. The van der Waals surface area contributed by atoms with E-state index in [-0.39, 0.29) is 11.1 Å². The molecule has 0 N–H and O–H groups in total. The molecule has 0 spiro atoms. The van der Waals surface area contributed by atoms with Crippen LogP contribution in [0.4, 0.5) is 0 Å². The molecule has 0 atom stereocenters. The Morgan fingerprint density at radius 2 is 1.36 bits per heavy atom. The van der Waals surface area contributed by atoms with Gasteiger partial charge in [0.2, 0.25) is 5.69 Å². The quantitative estimate of drug-likeness (QED) is 0.181. The van der Waals surface area contributed by atoms with Gasteiger partial charge in [-0.3, -0.25) is 0 Å². The van der Waals surface area contributed by atoms with Crippen molar-refractivity contribution in [2.45, 2.75) is 20.6 Å². The molecule has 3 heteroatoms. The SMILES string of the molecule is [2H]C([2H])([2H])c1cc(-c2c(C)ccc3c2oc2c([Si](c4ccccc4)c4ccccc4)cccc23)[n+](C)cc1C([2H])([2H])[2H]. The smallest absolute Gasteiger partial charge is 0.216 e. The van der Waals surface area contributed by atoms with Crippen LogP contribution in [0.15, 0.2) is 108 Å². The van der Waals surface area contributed by atoms with Crippen molar-refractivity contribution in [3.8, 4) is 11.3 Å². The van der Waals surface area contributed by atoms with Gasteiger partial charge in [0, 0.05) is 30.6 Å². The normalized spacial score (nSPS) is 14.8. The van der Waals surface area contributed by atoms with Crippen LogP contribution in [-0.4, -0.2) is 8.80 Å². The van der Waals surface area contributed by atoms with Gasteiger partial charge in [-0.1, -0.05) is 101 Å². The molecular weight excluding hydrogens is 454 g/mol. The number of nitrogens with zero attached hydrogens (tertiary/aromatic N) is 1. The molecule has 2 nitrogen and oxygen atoms in total. The number of furan rings is 1. The van der Waals surface area contributed by atoms with Gasteiger partial charge in [0.05, 0.1) is 5.56 Å². The van der Waals surface area contributed by atoms with E-state index < -0.39 is 22.5 Å². The molecule has 6 aromatic rings. The fourth-order valence-electron chi connectivity index (χ4n) is 5.06. The molecule has 0 amide bonds. The second-order valence-electron chi connectivity index (χ2n) is 9.12. The van der Waals surface area contributed by atoms with Crippen LogP contribution < -0.4 is 20.1 Å². The monoisotopic (exact) mass is 489 g/mol. The van der Waals surface area contributed by atoms with Crippen LogP contribution >= 0.6 is 0 Å². The summed E-state index contributed by atoms with van der Waals surface area (Å²) in [7, 11) is 0.315. The minimum Gasteiger partial charge on any atom is -0.455 e. The first-order valence-corrected chi connectivity index (χ1v) is 13.4. The second-order valence-corrected chi connectivity index (χ2v) is 11.6. The van der Waals surface area contributed by atoms with Gasteiger partial charge in [-0.15, -0.1) is 0 Å². The number of fused-ring (bicyclic) bond motifs is 3. The van der Waals surface area contributed by atoms with E-state index in [2.05, 4.69) is 66.7 Å². The van der Waals surface area contributed by atoms with Crippen LogP contribution in [0.2, 0.25) is 0 Å². The Hall–Kier alpha value is -3.95. The fourth-order valence-corrected chi connectivity index (χ4v) is 7.74. The lowest BCUT2D eigenvalue weighted by Gasteiger charge is -2.16. The lowest BCUT2D eigenvalue weighted by atomic mass is 9.99. The Balaban J connectivity index is 1.65. The number of aromatic nitrogens is 1. The summed E-state index contributed by atoms with van der Waals surface area (Å²) < 4.78 is 56.8. The summed E-state index contributed by atoms with van der Waals surface area (Å²) in [5.74, 6) is 0. The summed E-state index contributed by atoms with van der Waals surface area (Å²) in [6.07, 6.45) is 1.42. The van der Waals surface area contributed by atoms with Crippen molar-refractivity contribution in [2.75, 3.05) is 0 Å². The molecule has 175 valence electrons. The average Bonchev–Trinajstić information content (AvgIpc) is 3.33. The van der Waals surface area contributed by atoms with E-state index in [1.807, 2.05) is 31.2 Å². The van der Waals surface area contributed by atoms with Crippen molar-refractivity contribution in [1.29, 1.82) is 0 Å². The van der Waals surface area contributed by atoms with E-state index in [1.165, 1.54) is 22.6 Å². The Bertz CT molecular complexity index is 1890. The molecule has 0 bridgehead atoms. The molecule has 6 rings (SSSR count). The molecule has 0 aliphatic heterocycles. The third kappa shape index (κ3) is 3.68. The Kier molecular flexibility index (Phi) is 4.13. The third-order valence-corrected chi connectivity index (χ3v) is 9.55. The van der Waals surface area contributed by atoms with Gasteiger partial charge in [0.25, 0.3) is 0 Å². The Morgan fingerprint density at radius 1 is 0.694 bits per heavy atom. The molecule has 0 aliphatic carbocycles. The number of rotatable bonds is 4. The van der Waals surface area contributed by atoms with E-state index in [0.717, 1.165) is 32.7 Å². The molecular formula is C33H29NOSi+. The average molecular weight is 490 g/mol. The lowest BCUT2D eigenvalue weighted by molar-refractivity contribution is -0.660. The van der Waals surface area contributed by atoms with Crippen LogP contribution in [0.25, 0.3) is 33.2 Å². The molecule has 36 heavy (non-hydrogen) atoms. The second kappa shape index (κ2) is 8.92. The summed E-state index contributed by atoms with van der Waals surface area (Å²) in [5, 5.41) is 5.51. The minimum absolute atomic E-state index is 0.177. The zero-order valence-electron chi connectivity index (χ0n) is 26.2. The van der Waals surface area contributed by atoms with Crippen molar-refractivity contribution in [2.24, 2.45) is 7.05 Å². The first-order valence-electron chi connectivity index (χ1n) is 14.9. The molecule has 0 fully saturated rings. The predicted octanol–water partition coefficient (Wildman–Crippen LogP) is 5.52. The van der Waals surface area contributed by atoms with Crippen LogP contribution in [0.5, 0.6) is 0 Å². The van der Waals surface area contributed by atoms with E-state index in [1.54, 1.807) is 11.6 Å². The first-order chi connectivity index (χ1) is 19.9. The number of para-hydroxylation sites is 1. The highest BCUT2D eigenvalue weighted by Crippen LogP contribution is 2.36. The highest BCUT2D eigenvalue weighted by Gasteiger charge is 2.26. The van der Waals surface area contributed by atoms with Crippen molar-refractivity contribution in [3.05, 3.63) is 120 Å². The van der Waals surface area contributed by atoms with Gasteiger partial charge < -0.3 is 4.42 Å². The standard InChI is InChI=1S/C33H29NOSi/c1-22-18-19-28-27-16-11-17-30(36(25-12-7-5-8-13-25)26-14-9-6-10-15-26)32(27)35-33(28)31(22)29-20-23(2)24(3)21-34(29)4/h5-21H,1-4H3/q+1/i2D3,3D3. The van der Waals surface area contributed by atoms with E-state index in [0.29, 0.717) is 11.3 Å². The molecule has 0 aliphatic rings. The molecule has 0 unspecified atom stereocenters. The third-order valence-electron chi connectivity index (χ3n) is 6.80. The topological polar surface area (TPSA) is 17.0 Å². The van der Waals surface area contributed by atoms with Gasteiger partial charge in [0.15, 0.2) is 15.0 Å². The zero-order chi connectivity index (χ0) is 29.8. The maximum Gasteiger partial charge on any atom is 0.216 e. The van der Waals surface area contributed by atoms with Gasteiger partial charge in [-0.2, -0.15) is 0 Å². The maximum absolute atomic E-state index is 8.12. The number of pyridine rings is 1. The summed E-state index contributed by atoms with van der Waals surface area (Å²) in [6, 6.07) is 32.8. The van der Waals surface area contributed by atoms with Crippen LogP contribution in [0.3, 0.4) is 0 Å². The van der Waals surface area contributed by atoms with Crippen molar-refractivity contribution < 1.29 is 17.2 Å². The lowest BCUT2D eigenvalue weighted by Crippen LogP contribution is -2.52. The first kappa shape index (κ1) is 16.7. The van der Waals surface area contributed by atoms with Gasteiger partial charge in [-0.05, 0) is 36.9 Å². The van der Waals surface area contributed by atoms with Crippen molar-refractivity contribution in [3.63, 3.8) is 0 Å². The highest BCUT2D eigenvalue weighted by atomic mass is 28.3. The summed E-state index contributed by atoms with van der Waals surface area (Å²) >= 11 is 0. The van der Waals surface area contributed by atoms with Gasteiger partial charge >= 0.3 is 0 Å². The summed E-state index contributed by atoms with van der Waals surface area (Å²) in [5.41, 5.74) is 3.31. The molecule has 2 aromatic heterocycles. The van der Waals surface area contributed by atoms with E-state index in [4.69, 9.17) is 12.6 Å². The Morgan fingerprint density at radius 3 is 2.03 bits per heavy atom. The van der Waals surface area contributed by atoms with Gasteiger partial charge in [0.1, 0.15) is 18.2 Å². The molecule has 0 saturated heterocycles. The number of aryl methyl sites for hydroxylation is 4. The number of hydrogen-bond donors (Lipinski definition) is 0. The van der Waals surface area contributed by atoms with Crippen molar-refractivity contribution in [1.82, 2.24) is 0 Å². The summed E-state index contributed by atoms with van der Waals surface area (Å²) in [6.45, 7) is -3.21. The molecule has 0 saturated carbocycles. The number of benzene rings is 4. The summed E-state index contributed by atoms with van der Waals surface area (Å²) in [4.78, 5) is 0. The van der Waals surface area contributed by atoms with E-state index >= 15 is 0 Å².